The van der Waals surface area contributed by atoms with Crippen LogP contribution >= 0.6 is 0 Å². The van der Waals surface area contributed by atoms with Gasteiger partial charge in [-0.05, 0) is 38.1 Å². The van der Waals surface area contributed by atoms with Gasteiger partial charge in [0.25, 0.3) is 10.2 Å². The lowest BCUT2D eigenvalue weighted by molar-refractivity contribution is 0.238. The highest BCUT2D eigenvalue weighted by atomic mass is 32.2. The number of rotatable bonds is 9. The van der Waals surface area contributed by atoms with E-state index < -0.39 is 10.2 Å². The minimum atomic E-state index is -3.28. The van der Waals surface area contributed by atoms with Gasteiger partial charge in [-0.15, -0.1) is 0 Å². The number of nitrogens with zero attached hydrogens (tertiary/aromatic N) is 2. The molecule has 1 saturated heterocycles. The molecule has 1 atom stereocenters. The third-order valence-corrected chi connectivity index (χ3v) is 5.90. The van der Waals surface area contributed by atoms with Crippen LogP contribution in [0.3, 0.4) is 0 Å². The van der Waals surface area contributed by atoms with Crippen LogP contribution in [0, 0.1) is 5.92 Å². The number of piperidine rings is 1. The first-order valence-corrected chi connectivity index (χ1v) is 9.80. The average molecular weight is 320 g/mol. The minimum absolute atomic E-state index is 0.432. The smallest absolute Gasteiger partial charge is 0.281 e. The van der Waals surface area contributed by atoms with Gasteiger partial charge in [0, 0.05) is 32.2 Å². The Bertz CT molecular complexity index is 378. The molecule has 0 aromatic carbocycles. The predicted octanol–water partition coefficient (Wildman–Crippen LogP) is 2.06. The molecule has 0 saturated carbocycles. The lowest BCUT2D eigenvalue weighted by Gasteiger charge is -2.35. The van der Waals surface area contributed by atoms with Crippen molar-refractivity contribution in [1.82, 2.24) is 13.9 Å². The molecule has 1 aliphatic rings. The molecular formula is C15H33N3O2S. The van der Waals surface area contributed by atoms with Crippen molar-refractivity contribution >= 4 is 10.2 Å². The maximum atomic E-state index is 12.8. The van der Waals surface area contributed by atoms with Crippen LogP contribution in [0.1, 0.15) is 53.4 Å². The maximum Gasteiger partial charge on any atom is 0.281 e. The SMILES string of the molecule is CCCN(CCC)S(=O)(=O)N1CCCC(CNC(C)C)C1. The third-order valence-electron chi connectivity index (χ3n) is 3.90. The molecule has 0 spiro atoms. The summed E-state index contributed by atoms with van der Waals surface area (Å²) in [5.41, 5.74) is 0. The summed E-state index contributed by atoms with van der Waals surface area (Å²) < 4.78 is 28.9. The molecule has 0 amide bonds. The molecule has 1 unspecified atom stereocenters. The van der Waals surface area contributed by atoms with Crippen LogP contribution in [0.5, 0.6) is 0 Å². The largest absolute Gasteiger partial charge is 0.314 e. The summed E-state index contributed by atoms with van der Waals surface area (Å²) in [6, 6.07) is 0.452. The van der Waals surface area contributed by atoms with Gasteiger partial charge in [0.2, 0.25) is 0 Å². The first-order chi connectivity index (χ1) is 9.91. The van der Waals surface area contributed by atoms with Gasteiger partial charge in [-0.1, -0.05) is 27.7 Å². The molecule has 6 heteroatoms. The van der Waals surface area contributed by atoms with Gasteiger partial charge in [0.1, 0.15) is 0 Å². The Morgan fingerprint density at radius 2 is 1.86 bits per heavy atom. The molecule has 0 aromatic rings. The molecule has 1 N–H and O–H groups in total. The molecule has 0 bridgehead atoms. The quantitative estimate of drug-likeness (QED) is 0.708. The fourth-order valence-electron chi connectivity index (χ4n) is 2.81. The summed E-state index contributed by atoms with van der Waals surface area (Å²) in [7, 11) is -3.28. The van der Waals surface area contributed by atoms with Gasteiger partial charge in [-0.3, -0.25) is 0 Å². The van der Waals surface area contributed by atoms with E-state index in [1.165, 1.54) is 0 Å². The zero-order chi connectivity index (χ0) is 15.9. The average Bonchev–Trinajstić information content (AvgIpc) is 2.45. The molecule has 0 radical (unpaired) electrons. The van der Waals surface area contributed by atoms with E-state index in [1.807, 2.05) is 13.8 Å². The zero-order valence-corrected chi connectivity index (χ0v) is 15.0. The molecular weight excluding hydrogens is 286 g/mol. The number of hydrogen-bond acceptors (Lipinski definition) is 3. The summed E-state index contributed by atoms with van der Waals surface area (Å²) in [5.74, 6) is 0.432. The third kappa shape index (κ3) is 5.85. The van der Waals surface area contributed by atoms with Crippen LogP contribution in [-0.2, 0) is 10.2 Å². The normalized spacial score (nSPS) is 21.3. The fourth-order valence-corrected chi connectivity index (χ4v) is 4.72. The summed E-state index contributed by atoms with van der Waals surface area (Å²) >= 11 is 0. The van der Waals surface area contributed by atoms with E-state index in [1.54, 1.807) is 8.61 Å². The van der Waals surface area contributed by atoms with Gasteiger partial charge in [-0.2, -0.15) is 17.0 Å². The fraction of sp³-hybridized carbons (Fsp3) is 1.00. The van der Waals surface area contributed by atoms with Crippen molar-refractivity contribution < 1.29 is 8.42 Å². The van der Waals surface area contributed by atoms with E-state index >= 15 is 0 Å². The van der Waals surface area contributed by atoms with Crippen LogP contribution in [0.15, 0.2) is 0 Å². The molecule has 126 valence electrons. The number of nitrogens with one attached hydrogen (secondary N) is 1. The summed E-state index contributed by atoms with van der Waals surface area (Å²) in [6.45, 7) is 11.8. The molecule has 1 heterocycles. The van der Waals surface area contributed by atoms with E-state index in [0.29, 0.717) is 38.1 Å². The maximum absolute atomic E-state index is 12.8. The van der Waals surface area contributed by atoms with Crippen molar-refractivity contribution in [3.8, 4) is 0 Å². The summed E-state index contributed by atoms with van der Waals surface area (Å²) in [6.07, 6.45) is 3.82. The molecule has 1 fully saturated rings. The van der Waals surface area contributed by atoms with Crippen LogP contribution in [0.2, 0.25) is 0 Å². The van der Waals surface area contributed by atoms with Crippen LogP contribution in [-0.4, -0.2) is 55.8 Å². The minimum Gasteiger partial charge on any atom is -0.314 e. The Kier molecular flexibility index (Phi) is 8.16. The van der Waals surface area contributed by atoms with E-state index in [9.17, 15) is 8.42 Å². The predicted molar refractivity (Wildman–Crippen MR) is 88.5 cm³/mol. The second-order valence-electron chi connectivity index (χ2n) is 6.34. The lowest BCUT2D eigenvalue weighted by Crippen LogP contribution is -2.50. The van der Waals surface area contributed by atoms with Gasteiger partial charge in [0.15, 0.2) is 0 Å². The topological polar surface area (TPSA) is 52.7 Å². The van der Waals surface area contributed by atoms with Crippen LogP contribution < -0.4 is 5.32 Å². The lowest BCUT2D eigenvalue weighted by atomic mass is 9.99. The highest BCUT2D eigenvalue weighted by molar-refractivity contribution is 7.86. The Morgan fingerprint density at radius 1 is 1.24 bits per heavy atom. The molecule has 21 heavy (non-hydrogen) atoms. The second-order valence-corrected chi connectivity index (χ2v) is 8.26. The van der Waals surface area contributed by atoms with Gasteiger partial charge >= 0.3 is 0 Å². The van der Waals surface area contributed by atoms with Crippen LogP contribution in [0.4, 0.5) is 0 Å². The highest BCUT2D eigenvalue weighted by Gasteiger charge is 2.32. The Hall–Kier alpha value is -0.170. The highest BCUT2D eigenvalue weighted by Crippen LogP contribution is 2.21. The zero-order valence-electron chi connectivity index (χ0n) is 14.1. The first-order valence-electron chi connectivity index (χ1n) is 8.40. The van der Waals surface area contributed by atoms with Crippen molar-refractivity contribution in [2.75, 3.05) is 32.7 Å². The van der Waals surface area contributed by atoms with Gasteiger partial charge < -0.3 is 5.32 Å². The molecule has 0 aliphatic carbocycles. The van der Waals surface area contributed by atoms with E-state index in [0.717, 1.165) is 32.2 Å². The van der Waals surface area contributed by atoms with E-state index in [4.69, 9.17) is 0 Å². The molecule has 5 nitrogen and oxygen atoms in total. The number of hydrogen-bond donors (Lipinski definition) is 1. The monoisotopic (exact) mass is 319 g/mol. The molecule has 1 aliphatic heterocycles. The van der Waals surface area contributed by atoms with E-state index in [2.05, 4.69) is 19.2 Å². The second kappa shape index (κ2) is 9.08. The van der Waals surface area contributed by atoms with Gasteiger partial charge in [-0.25, -0.2) is 0 Å². The van der Waals surface area contributed by atoms with Crippen LogP contribution in [0.25, 0.3) is 0 Å². The molecule has 0 aromatic heterocycles. The first kappa shape index (κ1) is 18.9. The van der Waals surface area contributed by atoms with Crippen molar-refractivity contribution in [3.63, 3.8) is 0 Å². The van der Waals surface area contributed by atoms with Crippen molar-refractivity contribution in [3.05, 3.63) is 0 Å². The Labute approximate surface area is 131 Å². The van der Waals surface area contributed by atoms with Crippen molar-refractivity contribution in [2.45, 2.75) is 59.4 Å². The standard InChI is InChI=1S/C15H33N3O2S/c1-5-9-17(10-6-2)21(19,20)18-11-7-8-15(13-18)12-16-14(3)4/h14-16H,5-13H2,1-4H3. The van der Waals surface area contributed by atoms with Crippen molar-refractivity contribution in [1.29, 1.82) is 0 Å². The van der Waals surface area contributed by atoms with Gasteiger partial charge in [0.05, 0.1) is 0 Å². The van der Waals surface area contributed by atoms with E-state index in [-0.39, 0.29) is 0 Å². The summed E-state index contributed by atoms with van der Waals surface area (Å²) in [5, 5.41) is 3.43. The molecule has 1 rings (SSSR count). The Morgan fingerprint density at radius 3 is 2.38 bits per heavy atom. The Balaban J connectivity index is 2.67. The summed E-state index contributed by atoms with van der Waals surface area (Å²) in [4.78, 5) is 0. The van der Waals surface area contributed by atoms with Crippen molar-refractivity contribution in [2.24, 2.45) is 5.92 Å².